The summed E-state index contributed by atoms with van der Waals surface area (Å²) in [5.41, 5.74) is 1.17. The minimum absolute atomic E-state index is 1.17. The van der Waals surface area contributed by atoms with E-state index in [0.717, 1.165) is 0 Å². The smallest absolute Gasteiger partial charge is 0 e. The predicted molar refractivity (Wildman–Crippen MR) is 40.0 cm³/mol. The molecule has 1 aromatic rings. The largest absolute Gasteiger partial charge is 0.0985 e. The highest BCUT2D eigenvalue weighted by Gasteiger charge is 1.75. The van der Waals surface area contributed by atoms with Crippen LogP contribution in [0.4, 0.5) is 0 Å². The average Bonchev–Trinajstić information content (AvgIpc) is 2.10. The summed E-state index contributed by atoms with van der Waals surface area (Å²) in [5.74, 6) is 0. The number of benzene rings is 1. The second-order valence-electron chi connectivity index (χ2n) is 1.61. The summed E-state index contributed by atoms with van der Waals surface area (Å²) in [6, 6.07) is 10.0. The third-order valence-corrected chi connectivity index (χ3v) is 1.04. The minimum Gasteiger partial charge on any atom is -0.0985 e. The molecule has 10 heavy (non-hydrogen) atoms. The van der Waals surface area contributed by atoms with Gasteiger partial charge in [-0.15, -0.1) is 0 Å². The van der Waals surface area contributed by atoms with Crippen LogP contribution in [0.2, 0.25) is 0 Å². The van der Waals surface area contributed by atoms with Crippen LogP contribution in [0.25, 0.3) is 6.08 Å². The molecule has 1 rings (SSSR count). The molecule has 0 saturated carbocycles. The maximum Gasteiger partial charge on any atom is 0 e. The fourth-order valence-electron chi connectivity index (χ4n) is 0.589. The first-order chi connectivity index (χ1) is 4.93. The zero-order valence-corrected chi connectivity index (χ0v) is 5.57. The molecule has 0 saturated heterocycles. The van der Waals surface area contributed by atoms with Gasteiger partial charge in [0.1, 0.15) is 0 Å². The van der Waals surface area contributed by atoms with Gasteiger partial charge >= 0.3 is 0 Å². The Morgan fingerprint density at radius 3 is 1.90 bits per heavy atom. The van der Waals surface area contributed by atoms with Gasteiger partial charge < -0.3 is 0 Å². The summed E-state index contributed by atoms with van der Waals surface area (Å²) < 4.78 is 0. The van der Waals surface area contributed by atoms with Gasteiger partial charge in [-0.05, 0) is 5.56 Å². The van der Waals surface area contributed by atoms with Gasteiger partial charge in [-0.25, -0.2) is 0 Å². The molecule has 0 aliphatic heterocycles. The van der Waals surface area contributed by atoms with E-state index in [1.54, 1.807) is 0 Å². The Morgan fingerprint density at radius 2 is 1.60 bits per heavy atom. The lowest BCUT2D eigenvalue weighted by Crippen LogP contribution is -1.63. The molecule has 0 aromatic heterocycles. The second-order valence-corrected chi connectivity index (χ2v) is 1.61. The van der Waals surface area contributed by atoms with Crippen LogP contribution in [0.5, 0.6) is 0 Å². The van der Waals surface area contributed by atoms with E-state index in [0.29, 0.717) is 0 Å². The molecule has 0 N–H and O–H groups in total. The lowest BCUT2D eigenvalue weighted by Gasteiger charge is -1.85. The van der Waals surface area contributed by atoms with Crippen LogP contribution < -0.4 is 0 Å². The number of nitrogens with zero attached hydrogens (tertiary/aromatic N) is 2. The molecule has 0 aliphatic rings. The maximum atomic E-state index is 6.00. The Bertz CT molecular complexity index is 201. The highest BCUT2D eigenvalue weighted by molar-refractivity contribution is 5.45. The van der Waals surface area contributed by atoms with Gasteiger partial charge in [0.2, 0.25) is 0 Å². The topological polar surface area (TPSA) is 47.6 Å². The first-order valence-corrected chi connectivity index (χ1v) is 2.81. The van der Waals surface area contributed by atoms with Crippen molar-refractivity contribution >= 4 is 6.08 Å². The summed E-state index contributed by atoms with van der Waals surface area (Å²) in [5, 5.41) is 12.0. The molecule has 0 spiro atoms. The standard InChI is InChI=1S/C8H8.N2/c1-2-8-6-4-3-5-7-8;1-2/h2-7H,1H2;. The molecule has 0 atom stereocenters. The Hall–Kier alpha value is -1.62. The average molecular weight is 132 g/mol. The van der Waals surface area contributed by atoms with Gasteiger partial charge in [0, 0.05) is 10.8 Å². The molecule has 2 heteroatoms. The van der Waals surface area contributed by atoms with E-state index >= 15 is 0 Å². The molecule has 0 bridgehead atoms. The van der Waals surface area contributed by atoms with Crippen LogP contribution in [0.1, 0.15) is 5.56 Å². The van der Waals surface area contributed by atoms with Crippen molar-refractivity contribution in [3.8, 4) is 0 Å². The Balaban J connectivity index is 0.000000371. The highest BCUT2D eigenvalue weighted by atomic mass is 14.6. The number of rotatable bonds is 1. The normalized spacial score (nSPS) is 7.00. The van der Waals surface area contributed by atoms with Gasteiger partial charge in [-0.2, -0.15) is 0 Å². The van der Waals surface area contributed by atoms with Gasteiger partial charge in [0.25, 0.3) is 0 Å². The maximum absolute atomic E-state index is 6.00. The lowest BCUT2D eigenvalue weighted by atomic mass is 10.2. The zero-order valence-electron chi connectivity index (χ0n) is 5.57. The molecular formula is C8H8N2. The summed E-state index contributed by atoms with van der Waals surface area (Å²) >= 11 is 0. The predicted octanol–water partition coefficient (Wildman–Crippen LogP) is 2.36. The Kier molecular flexibility index (Phi) is 4.62. The van der Waals surface area contributed by atoms with E-state index in [-0.39, 0.29) is 0 Å². The first kappa shape index (κ1) is 8.38. The molecule has 0 radical (unpaired) electrons. The van der Waals surface area contributed by atoms with E-state index in [9.17, 15) is 0 Å². The molecular weight excluding hydrogens is 124 g/mol. The third-order valence-electron chi connectivity index (χ3n) is 1.04. The van der Waals surface area contributed by atoms with Crippen LogP contribution in [0.3, 0.4) is 0 Å². The van der Waals surface area contributed by atoms with Crippen molar-refractivity contribution in [2.24, 2.45) is 0 Å². The molecule has 0 fully saturated rings. The number of hydrogen-bond donors (Lipinski definition) is 0. The highest BCUT2D eigenvalue weighted by Crippen LogP contribution is 1.97. The van der Waals surface area contributed by atoms with Gasteiger partial charge in [-0.3, -0.25) is 0 Å². The quantitative estimate of drug-likeness (QED) is 0.550. The van der Waals surface area contributed by atoms with Crippen molar-refractivity contribution in [3.05, 3.63) is 42.5 Å². The van der Waals surface area contributed by atoms with Crippen LogP contribution in [0, 0.1) is 10.8 Å². The van der Waals surface area contributed by atoms with Crippen LogP contribution >= 0.6 is 0 Å². The molecule has 50 valence electrons. The van der Waals surface area contributed by atoms with Crippen molar-refractivity contribution in [2.45, 2.75) is 0 Å². The summed E-state index contributed by atoms with van der Waals surface area (Å²) in [6.07, 6.45) is 1.83. The Morgan fingerprint density at radius 1 is 1.10 bits per heavy atom. The zero-order chi connectivity index (χ0) is 7.82. The minimum atomic E-state index is 1.17. The summed E-state index contributed by atoms with van der Waals surface area (Å²) in [6.45, 7) is 3.63. The van der Waals surface area contributed by atoms with Crippen molar-refractivity contribution in [3.63, 3.8) is 0 Å². The van der Waals surface area contributed by atoms with Gasteiger partial charge in [0.15, 0.2) is 0 Å². The SMILES string of the molecule is C=Cc1ccccc1.N#N. The fraction of sp³-hybridized carbons (Fsp3) is 0. The molecule has 0 aliphatic carbocycles. The van der Waals surface area contributed by atoms with Crippen LogP contribution in [-0.2, 0) is 0 Å². The summed E-state index contributed by atoms with van der Waals surface area (Å²) in [4.78, 5) is 0. The van der Waals surface area contributed by atoms with Crippen LogP contribution in [-0.4, -0.2) is 0 Å². The molecule has 0 unspecified atom stereocenters. The fourth-order valence-corrected chi connectivity index (χ4v) is 0.589. The molecule has 0 heterocycles. The second kappa shape index (κ2) is 5.52. The van der Waals surface area contributed by atoms with E-state index < -0.39 is 0 Å². The van der Waals surface area contributed by atoms with Gasteiger partial charge in [0.05, 0.1) is 0 Å². The van der Waals surface area contributed by atoms with E-state index in [1.165, 1.54) is 5.56 Å². The molecule has 1 aromatic carbocycles. The summed E-state index contributed by atoms with van der Waals surface area (Å²) in [7, 11) is 0. The monoisotopic (exact) mass is 132 g/mol. The van der Waals surface area contributed by atoms with Gasteiger partial charge in [-0.1, -0.05) is 43.0 Å². The van der Waals surface area contributed by atoms with E-state index in [1.807, 2.05) is 36.4 Å². The van der Waals surface area contributed by atoms with Crippen molar-refractivity contribution in [1.82, 2.24) is 0 Å². The molecule has 2 nitrogen and oxygen atoms in total. The lowest BCUT2D eigenvalue weighted by molar-refractivity contribution is 1.15. The van der Waals surface area contributed by atoms with Crippen molar-refractivity contribution in [2.75, 3.05) is 0 Å². The Labute approximate surface area is 60.2 Å². The molecule has 0 amide bonds. The number of hydrogen-bond acceptors (Lipinski definition) is 2. The van der Waals surface area contributed by atoms with Crippen molar-refractivity contribution in [1.29, 1.82) is 10.8 Å². The van der Waals surface area contributed by atoms with E-state index in [4.69, 9.17) is 10.8 Å². The third kappa shape index (κ3) is 2.63. The first-order valence-electron chi connectivity index (χ1n) is 2.81. The van der Waals surface area contributed by atoms with Crippen molar-refractivity contribution < 1.29 is 0 Å². The van der Waals surface area contributed by atoms with E-state index in [2.05, 4.69) is 6.58 Å². The van der Waals surface area contributed by atoms with Crippen LogP contribution in [0.15, 0.2) is 36.9 Å².